The molecule has 3 aliphatic heterocycles. The molecule has 2 aromatic rings. The standard InChI is InChI=1S/C21H22N2O7S/c24-21(20-14-29-16-3-1-2-4-18(16)30-20)22-7-9-23(10-8-22)31(25,26)15-5-6-17-19(13-15)28-12-11-27-17/h1-6,13,20H,7-12,14H2. The number of amides is 1. The number of ether oxygens (including phenoxy) is 4. The molecule has 1 fully saturated rings. The lowest BCUT2D eigenvalue weighted by Crippen LogP contribution is -2.55. The molecule has 0 spiro atoms. The SMILES string of the molecule is O=C(C1COc2ccccc2O1)N1CCN(S(=O)(=O)c2ccc3c(c2)OCCO3)CC1. The quantitative estimate of drug-likeness (QED) is 0.698. The van der Waals surface area contributed by atoms with Gasteiger partial charge in [-0.05, 0) is 24.3 Å². The molecule has 31 heavy (non-hydrogen) atoms. The Hall–Kier alpha value is -2.98. The first-order valence-corrected chi connectivity index (χ1v) is 11.5. The second kappa shape index (κ2) is 7.93. The summed E-state index contributed by atoms with van der Waals surface area (Å²) in [5.41, 5.74) is 0. The van der Waals surface area contributed by atoms with Crippen LogP contribution in [0.3, 0.4) is 0 Å². The van der Waals surface area contributed by atoms with Gasteiger partial charge in [-0.2, -0.15) is 4.31 Å². The maximum Gasteiger partial charge on any atom is 0.267 e. The molecule has 0 radical (unpaired) electrons. The summed E-state index contributed by atoms with van der Waals surface area (Å²) in [7, 11) is -3.71. The molecule has 5 rings (SSSR count). The first-order chi connectivity index (χ1) is 15.0. The number of fused-ring (bicyclic) bond motifs is 2. The molecular weight excluding hydrogens is 424 g/mol. The van der Waals surface area contributed by atoms with Crippen molar-refractivity contribution in [1.82, 2.24) is 9.21 Å². The topological polar surface area (TPSA) is 94.6 Å². The van der Waals surface area contributed by atoms with Gasteiger partial charge in [-0.25, -0.2) is 8.42 Å². The predicted octanol–water partition coefficient (Wildman–Crippen LogP) is 1.13. The molecule has 1 atom stereocenters. The summed E-state index contributed by atoms with van der Waals surface area (Å²) in [6, 6.07) is 11.8. The van der Waals surface area contributed by atoms with Gasteiger partial charge in [-0.15, -0.1) is 0 Å². The summed E-state index contributed by atoms with van der Waals surface area (Å²) in [5.74, 6) is 1.91. The molecule has 0 bridgehead atoms. The second-order valence-electron chi connectivity index (χ2n) is 7.40. The zero-order chi connectivity index (χ0) is 21.4. The lowest BCUT2D eigenvalue weighted by atomic mass is 10.2. The van der Waals surface area contributed by atoms with Crippen molar-refractivity contribution in [3.8, 4) is 23.0 Å². The third kappa shape index (κ3) is 3.77. The third-order valence-corrected chi connectivity index (χ3v) is 7.38. The zero-order valence-electron chi connectivity index (χ0n) is 16.7. The van der Waals surface area contributed by atoms with E-state index in [1.54, 1.807) is 23.1 Å². The van der Waals surface area contributed by atoms with Crippen LogP contribution >= 0.6 is 0 Å². The van der Waals surface area contributed by atoms with E-state index in [4.69, 9.17) is 18.9 Å². The van der Waals surface area contributed by atoms with E-state index in [0.29, 0.717) is 36.2 Å². The first-order valence-electron chi connectivity index (χ1n) is 10.1. The number of para-hydroxylation sites is 2. The van der Waals surface area contributed by atoms with Crippen LogP contribution in [-0.4, -0.2) is 75.6 Å². The number of hydrogen-bond donors (Lipinski definition) is 0. The number of carbonyl (C=O) groups is 1. The summed E-state index contributed by atoms with van der Waals surface area (Å²) in [5, 5.41) is 0. The average Bonchev–Trinajstić information content (AvgIpc) is 2.83. The average molecular weight is 446 g/mol. The lowest BCUT2D eigenvalue weighted by Gasteiger charge is -2.36. The van der Waals surface area contributed by atoms with E-state index in [9.17, 15) is 13.2 Å². The van der Waals surface area contributed by atoms with Crippen LogP contribution in [0.1, 0.15) is 0 Å². The van der Waals surface area contributed by atoms with Gasteiger partial charge in [0.25, 0.3) is 5.91 Å². The molecule has 0 saturated carbocycles. The maximum absolute atomic E-state index is 13.1. The molecule has 0 N–H and O–H groups in total. The molecular formula is C21H22N2O7S. The van der Waals surface area contributed by atoms with Crippen LogP contribution in [0.2, 0.25) is 0 Å². The van der Waals surface area contributed by atoms with Gasteiger partial charge in [0, 0.05) is 32.2 Å². The fourth-order valence-corrected chi connectivity index (χ4v) is 5.27. The number of hydrogen-bond acceptors (Lipinski definition) is 7. The highest BCUT2D eigenvalue weighted by Gasteiger charge is 2.35. The number of piperazine rings is 1. The van der Waals surface area contributed by atoms with Crippen LogP contribution in [0.15, 0.2) is 47.4 Å². The smallest absolute Gasteiger partial charge is 0.267 e. The lowest BCUT2D eigenvalue weighted by molar-refractivity contribution is -0.142. The largest absolute Gasteiger partial charge is 0.486 e. The monoisotopic (exact) mass is 446 g/mol. The van der Waals surface area contributed by atoms with Crippen molar-refractivity contribution >= 4 is 15.9 Å². The van der Waals surface area contributed by atoms with Gasteiger partial charge in [-0.1, -0.05) is 12.1 Å². The van der Waals surface area contributed by atoms with Gasteiger partial charge < -0.3 is 23.8 Å². The minimum Gasteiger partial charge on any atom is -0.486 e. The number of carbonyl (C=O) groups excluding carboxylic acids is 1. The van der Waals surface area contributed by atoms with E-state index in [-0.39, 0.29) is 43.6 Å². The van der Waals surface area contributed by atoms with Crippen molar-refractivity contribution in [3.63, 3.8) is 0 Å². The highest BCUT2D eigenvalue weighted by atomic mass is 32.2. The Morgan fingerprint density at radius 1 is 0.839 bits per heavy atom. The Labute approximate surface area is 180 Å². The minimum atomic E-state index is -3.71. The number of rotatable bonds is 3. The van der Waals surface area contributed by atoms with Crippen LogP contribution in [0.5, 0.6) is 23.0 Å². The Balaban J connectivity index is 1.23. The molecule has 1 unspecified atom stereocenters. The van der Waals surface area contributed by atoms with Gasteiger partial charge >= 0.3 is 0 Å². The van der Waals surface area contributed by atoms with Crippen LogP contribution in [0.4, 0.5) is 0 Å². The molecule has 164 valence electrons. The first kappa shape index (κ1) is 20.0. The fraction of sp³-hybridized carbons (Fsp3) is 0.381. The highest BCUT2D eigenvalue weighted by Crippen LogP contribution is 2.34. The third-order valence-electron chi connectivity index (χ3n) is 5.49. The molecule has 9 nitrogen and oxygen atoms in total. The van der Waals surface area contributed by atoms with Crippen LogP contribution in [-0.2, 0) is 14.8 Å². The summed E-state index contributed by atoms with van der Waals surface area (Å²) in [4.78, 5) is 14.6. The van der Waals surface area contributed by atoms with E-state index < -0.39 is 16.1 Å². The molecule has 1 amide bonds. The van der Waals surface area contributed by atoms with Gasteiger partial charge in [0.05, 0.1) is 4.90 Å². The van der Waals surface area contributed by atoms with Crippen molar-refractivity contribution in [2.75, 3.05) is 46.0 Å². The summed E-state index contributed by atoms with van der Waals surface area (Å²) in [6.45, 7) is 1.92. The number of nitrogens with zero attached hydrogens (tertiary/aromatic N) is 2. The van der Waals surface area contributed by atoms with Crippen molar-refractivity contribution in [2.24, 2.45) is 0 Å². The molecule has 10 heteroatoms. The zero-order valence-corrected chi connectivity index (χ0v) is 17.5. The van der Waals surface area contributed by atoms with E-state index in [1.807, 2.05) is 12.1 Å². The summed E-state index contributed by atoms with van der Waals surface area (Å²) < 4.78 is 49.9. The molecule has 1 saturated heterocycles. The number of sulfonamides is 1. The van der Waals surface area contributed by atoms with Crippen molar-refractivity contribution in [1.29, 1.82) is 0 Å². The van der Waals surface area contributed by atoms with Crippen LogP contribution < -0.4 is 18.9 Å². The van der Waals surface area contributed by atoms with Crippen LogP contribution in [0, 0.1) is 0 Å². The normalized spacial score (nSPS) is 20.9. The predicted molar refractivity (Wildman–Crippen MR) is 109 cm³/mol. The minimum absolute atomic E-state index is 0.131. The van der Waals surface area contributed by atoms with E-state index in [1.165, 1.54) is 16.4 Å². The highest BCUT2D eigenvalue weighted by molar-refractivity contribution is 7.89. The van der Waals surface area contributed by atoms with Gasteiger partial charge in [-0.3, -0.25) is 4.79 Å². The Kier molecular flexibility index (Phi) is 5.11. The Morgan fingerprint density at radius 3 is 2.29 bits per heavy atom. The van der Waals surface area contributed by atoms with Crippen molar-refractivity contribution in [3.05, 3.63) is 42.5 Å². The molecule has 3 heterocycles. The summed E-state index contributed by atoms with van der Waals surface area (Å²) >= 11 is 0. The van der Waals surface area contributed by atoms with Gasteiger partial charge in [0.1, 0.15) is 19.8 Å². The molecule has 3 aliphatic rings. The second-order valence-corrected chi connectivity index (χ2v) is 9.34. The van der Waals surface area contributed by atoms with Gasteiger partial charge in [0.2, 0.25) is 16.1 Å². The Morgan fingerprint density at radius 2 is 1.52 bits per heavy atom. The van der Waals surface area contributed by atoms with Crippen LogP contribution in [0.25, 0.3) is 0 Å². The molecule has 0 aliphatic carbocycles. The maximum atomic E-state index is 13.1. The molecule has 0 aromatic heterocycles. The fourth-order valence-electron chi connectivity index (χ4n) is 3.83. The van der Waals surface area contributed by atoms with E-state index in [0.717, 1.165) is 0 Å². The molecule has 2 aromatic carbocycles. The van der Waals surface area contributed by atoms with Crippen molar-refractivity contribution in [2.45, 2.75) is 11.0 Å². The van der Waals surface area contributed by atoms with Crippen molar-refractivity contribution < 1.29 is 32.2 Å². The van der Waals surface area contributed by atoms with E-state index >= 15 is 0 Å². The summed E-state index contributed by atoms with van der Waals surface area (Å²) in [6.07, 6.45) is -0.740. The Bertz CT molecular complexity index is 1100. The van der Waals surface area contributed by atoms with Gasteiger partial charge in [0.15, 0.2) is 23.0 Å². The number of benzene rings is 2. The van der Waals surface area contributed by atoms with E-state index in [2.05, 4.69) is 0 Å².